The molecule has 0 saturated heterocycles. The molecule has 3 N–H and O–H groups in total. The van der Waals surface area contributed by atoms with Crippen LogP contribution in [0, 0.1) is 0 Å². The lowest BCUT2D eigenvalue weighted by Gasteiger charge is -2.14. The summed E-state index contributed by atoms with van der Waals surface area (Å²) >= 11 is 6.12. The number of primary sulfonamides is 1. The Labute approximate surface area is 161 Å². The minimum atomic E-state index is -3.82. The molecule has 2 aromatic carbocycles. The Kier molecular flexibility index (Phi) is 5.26. The standard InChI is InChI=1S/C17H16ClN5O3S/c1-11(12-5-4-6-13(9-12)27(19,25)26)20-17(24)15-10-23(22-21-15)16-8-3-2-7-14(16)18/h2-11H,1H3,(H,20,24)(H2,19,25,26). The van der Waals surface area contributed by atoms with Crippen molar-refractivity contribution in [3.8, 4) is 5.69 Å². The number of para-hydroxylation sites is 1. The smallest absolute Gasteiger partial charge is 0.273 e. The summed E-state index contributed by atoms with van der Waals surface area (Å²) in [5.41, 5.74) is 1.29. The number of sulfonamides is 1. The molecule has 0 aliphatic rings. The summed E-state index contributed by atoms with van der Waals surface area (Å²) in [4.78, 5) is 12.4. The molecule has 1 aromatic heterocycles. The molecule has 10 heteroatoms. The van der Waals surface area contributed by atoms with Gasteiger partial charge in [0.2, 0.25) is 10.0 Å². The van der Waals surface area contributed by atoms with Crippen LogP contribution in [0.25, 0.3) is 5.69 Å². The number of nitrogens with zero attached hydrogens (tertiary/aromatic N) is 3. The molecule has 0 aliphatic heterocycles. The van der Waals surface area contributed by atoms with E-state index in [9.17, 15) is 13.2 Å². The van der Waals surface area contributed by atoms with Crippen molar-refractivity contribution in [2.24, 2.45) is 5.14 Å². The molecule has 27 heavy (non-hydrogen) atoms. The average Bonchev–Trinajstić information content (AvgIpc) is 3.11. The van der Waals surface area contributed by atoms with Crippen LogP contribution in [0.5, 0.6) is 0 Å². The SMILES string of the molecule is CC(NC(=O)c1cn(-c2ccccc2Cl)nn1)c1cccc(S(N)(=O)=O)c1. The highest BCUT2D eigenvalue weighted by Gasteiger charge is 2.17. The summed E-state index contributed by atoms with van der Waals surface area (Å²) in [6, 6.07) is 12.6. The number of carbonyl (C=O) groups is 1. The van der Waals surface area contributed by atoms with E-state index in [0.29, 0.717) is 16.3 Å². The number of nitrogens with two attached hydrogens (primary N) is 1. The van der Waals surface area contributed by atoms with E-state index < -0.39 is 22.0 Å². The number of halogens is 1. The Morgan fingerprint density at radius 1 is 1.22 bits per heavy atom. The molecule has 0 radical (unpaired) electrons. The first-order chi connectivity index (χ1) is 12.8. The predicted molar refractivity (Wildman–Crippen MR) is 100 cm³/mol. The number of hydrogen-bond donors (Lipinski definition) is 2. The van der Waals surface area contributed by atoms with Gasteiger partial charge in [-0.15, -0.1) is 5.10 Å². The minimum Gasteiger partial charge on any atom is -0.344 e. The molecule has 0 bridgehead atoms. The van der Waals surface area contributed by atoms with E-state index in [1.54, 1.807) is 43.3 Å². The van der Waals surface area contributed by atoms with Gasteiger partial charge in [0.25, 0.3) is 5.91 Å². The number of nitrogens with one attached hydrogen (secondary N) is 1. The average molecular weight is 406 g/mol. The van der Waals surface area contributed by atoms with Gasteiger partial charge < -0.3 is 5.32 Å². The summed E-state index contributed by atoms with van der Waals surface area (Å²) in [5, 5.41) is 16.1. The van der Waals surface area contributed by atoms with Gasteiger partial charge >= 0.3 is 0 Å². The Balaban J connectivity index is 1.77. The Hall–Kier alpha value is -2.75. The van der Waals surface area contributed by atoms with Gasteiger partial charge in [-0.25, -0.2) is 18.2 Å². The third-order valence-electron chi connectivity index (χ3n) is 3.86. The summed E-state index contributed by atoms with van der Waals surface area (Å²) in [7, 11) is -3.82. The van der Waals surface area contributed by atoms with Gasteiger partial charge in [-0.3, -0.25) is 4.79 Å². The van der Waals surface area contributed by atoms with Crippen LogP contribution in [-0.2, 0) is 10.0 Å². The van der Waals surface area contributed by atoms with Crippen molar-refractivity contribution in [2.45, 2.75) is 17.9 Å². The molecule has 0 aliphatic carbocycles. The highest BCUT2D eigenvalue weighted by atomic mass is 35.5. The quantitative estimate of drug-likeness (QED) is 0.673. The van der Waals surface area contributed by atoms with Crippen LogP contribution in [0.1, 0.15) is 29.0 Å². The van der Waals surface area contributed by atoms with Gasteiger partial charge in [0, 0.05) is 0 Å². The maximum atomic E-state index is 12.4. The molecule has 3 rings (SSSR count). The molecular weight excluding hydrogens is 390 g/mol. The van der Waals surface area contributed by atoms with Gasteiger partial charge in [-0.1, -0.05) is 41.1 Å². The number of benzene rings is 2. The third-order valence-corrected chi connectivity index (χ3v) is 5.09. The van der Waals surface area contributed by atoms with Crippen molar-refractivity contribution in [2.75, 3.05) is 0 Å². The fourth-order valence-electron chi connectivity index (χ4n) is 2.44. The molecule has 1 atom stereocenters. The molecule has 1 amide bonds. The molecule has 0 spiro atoms. The number of amides is 1. The van der Waals surface area contributed by atoms with Crippen molar-refractivity contribution in [3.63, 3.8) is 0 Å². The van der Waals surface area contributed by atoms with Crippen LogP contribution in [0.3, 0.4) is 0 Å². The van der Waals surface area contributed by atoms with Crippen LogP contribution in [0.4, 0.5) is 0 Å². The zero-order valence-electron chi connectivity index (χ0n) is 14.2. The fraction of sp³-hybridized carbons (Fsp3) is 0.118. The van der Waals surface area contributed by atoms with E-state index in [4.69, 9.17) is 16.7 Å². The van der Waals surface area contributed by atoms with Gasteiger partial charge in [-0.2, -0.15) is 0 Å². The van der Waals surface area contributed by atoms with Crippen LogP contribution in [-0.4, -0.2) is 29.3 Å². The van der Waals surface area contributed by atoms with E-state index in [0.717, 1.165) is 0 Å². The highest BCUT2D eigenvalue weighted by molar-refractivity contribution is 7.89. The fourth-order valence-corrected chi connectivity index (χ4v) is 3.23. The lowest BCUT2D eigenvalue weighted by Crippen LogP contribution is -2.27. The topological polar surface area (TPSA) is 120 Å². The minimum absolute atomic E-state index is 0.0224. The first-order valence-electron chi connectivity index (χ1n) is 7.86. The second-order valence-corrected chi connectivity index (χ2v) is 7.78. The Morgan fingerprint density at radius 2 is 1.96 bits per heavy atom. The molecule has 140 valence electrons. The van der Waals surface area contributed by atoms with Crippen molar-refractivity contribution >= 4 is 27.5 Å². The summed E-state index contributed by atoms with van der Waals surface area (Å²) < 4.78 is 24.4. The maximum absolute atomic E-state index is 12.4. The normalized spacial score (nSPS) is 12.6. The van der Waals surface area contributed by atoms with Gasteiger partial charge in [-0.05, 0) is 36.8 Å². The lowest BCUT2D eigenvalue weighted by atomic mass is 10.1. The lowest BCUT2D eigenvalue weighted by molar-refractivity contribution is 0.0934. The second-order valence-electron chi connectivity index (χ2n) is 5.81. The molecule has 0 saturated carbocycles. The van der Waals surface area contributed by atoms with E-state index in [-0.39, 0.29) is 10.6 Å². The van der Waals surface area contributed by atoms with Crippen molar-refractivity contribution in [3.05, 3.63) is 71.0 Å². The molecule has 0 fully saturated rings. The largest absolute Gasteiger partial charge is 0.344 e. The van der Waals surface area contributed by atoms with Crippen LogP contribution >= 0.6 is 11.6 Å². The number of rotatable bonds is 5. The summed E-state index contributed by atoms with van der Waals surface area (Å²) in [5.74, 6) is -0.457. The van der Waals surface area contributed by atoms with Crippen molar-refractivity contribution in [1.82, 2.24) is 20.3 Å². The Bertz CT molecular complexity index is 1100. The molecule has 8 nitrogen and oxygen atoms in total. The van der Waals surface area contributed by atoms with Crippen LogP contribution in [0.15, 0.2) is 59.6 Å². The molecule has 1 unspecified atom stereocenters. The van der Waals surface area contributed by atoms with E-state index in [2.05, 4.69) is 15.6 Å². The number of carbonyl (C=O) groups excluding carboxylic acids is 1. The first-order valence-corrected chi connectivity index (χ1v) is 9.79. The van der Waals surface area contributed by atoms with E-state index >= 15 is 0 Å². The monoisotopic (exact) mass is 405 g/mol. The van der Waals surface area contributed by atoms with Crippen molar-refractivity contribution < 1.29 is 13.2 Å². The van der Waals surface area contributed by atoms with Gasteiger partial charge in [0.05, 0.1) is 27.8 Å². The van der Waals surface area contributed by atoms with E-state index in [1.165, 1.54) is 23.0 Å². The Morgan fingerprint density at radius 3 is 2.67 bits per heavy atom. The van der Waals surface area contributed by atoms with Crippen LogP contribution in [0.2, 0.25) is 5.02 Å². The predicted octanol–water partition coefficient (Wildman–Crippen LogP) is 2.06. The molecule has 1 heterocycles. The van der Waals surface area contributed by atoms with Crippen molar-refractivity contribution in [1.29, 1.82) is 0 Å². The zero-order valence-corrected chi connectivity index (χ0v) is 15.8. The molecule has 3 aromatic rings. The highest BCUT2D eigenvalue weighted by Crippen LogP contribution is 2.19. The second kappa shape index (κ2) is 7.47. The van der Waals surface area contributed by atoms with Gasteiger partial charge in [0.15, 0.2) is 5.69 Å². The zero-order chi connectivity index (χ0) is 19.6. The summed E-state index contributed by atoms with van der Waals surface area (Å²) in [6.45, 7) is 1.72. The van der Waals surface area contributed by atoms with Gasteiger partial charge in [0.1, 0.15) is 0 Å². The maximum Gasteiger partial charge on any atom is 0.273 e. The first kappa shape index (κ1) is 19.0. The summed E-state index contributed by atoms with van der Waals surface area (Å²) in [6.07, 6.45) is 1.46. The van der Waals surface area contributed by atoms with Crippen LogP contribution < -0.4 is 10.5 Å². The third kappa shape index (κ3) is 4.33. The molecular formula is C17H16ClN5O3S. The van der Waals surface area contributed by atoms with E-state index in [1.807, 2.05) is 0 Å². The number of hydrogen-bond acceptors (Lipinski definition) is 5. The number of aromatic nitrogens is 3.